The second-order valence-corrected chi connectivity index (χ2v) is 10.4. The Morgan fingerprint density at radius 1 is 1.06 bits per heavy atom. The van der Waals surface area contributed by atoms with Gasteiger partial charge >= 0.3 is 13.5 Å². The van der Waals surface area contributed by atoms with Crippen LogP contribution in [0.4, 0.5) is 5.82 Å². The molecule has 5 N–H and O–H groups in total. The number of hydrogen-bond donors (Lipinski definition) is 5. The van der Waals surface area contributed by atoms with Gasteiger partial charge in [0, 0.05) is 12.6 Å². The van der Waals surface area contributed by atoms with E-state index in [0.29, 0.717) is 6.42 Å². The van der Waals surface area contributed by atoms with Crippen molar-refractivity contribution in [1.29, 1.82) is 0 Å². The van der Waals surface area contributed by atoms with Crippen LogP contribution in [0.1, 0.15) is 90.2 Å². The minimum absolute atomic E-state index is 0.0544. The van der Waals surface area contributed by atoms with Gasteiger partial charge in [0.1, 0.15) is 24.1 Å². The lowest BCUT2D eigenvalue weighted by atomic mass is 10.1. The van der Waals surface area contributed by atoms with Gasteiger partial charge in [-0.3, -0.25) is 13.9 Å². The molecule has 1 saturated heterocycles. The van der Waals surface area contributed by atoms with Crippen LogP contribution >= 0.6 is 7.82 Å². The molecule has 2 rings (SSSR count). The Bertz CT molecular complexity index is 907. The van der Waals surface area contributed by atoms with Gasteiger partial charge in [0.15, 0.2) is 6.23 Å². The van der Waals surface area contributed by atoms with Gasteiger partial charge in [0.05, 0.1) is 6.61 Å². The van der Waals surface area contributed by atoms with Gasteiger partial charge in [0.2, 0.25) is 5.91 Å². The first-order valence-corrected chi connectivity index (χ1v) is 14.3. The molecule has 12 nitrogen and oxygen atoms in total. The average Bonchev–Trinajstić information content (AvgIpc) is 3.09. The van der Waals surface area contributed by atoms with Crippen molar-refractivity contribution in [2.24, 2.45) is 0 Å². The zero-order chi connectivity index (χ0) is 26.6. The number of anilines is 1. The van der Waals surface area contributed by atoms with E-state index in [1.165, 1.54) is 63.6 Å². The highest BCUT2D eigenvalue weighted by molar-refractivity contribution is 7.46. The fraction of sp³-hybridized carbons (Fsp3) is 0.783. The fourth-order valence-corrected chi connectivity index (χ4v) is 4.44. The Balaban J connectivity index is 1.71. The van der Waals surface area contributed by atoms with Crippen LogP contribution in [0.5, 0.6) is 0 Å². The highest BCUT2D eigenvalue weighted by Crippen LogP contribution is 2.38. The Morgan fingerprint density at radius 3 is 2.19 bits per heavy atom. The molecule has 0 unspecified atom stereocenters. The van der Waals surface area contributed by atoms with Crippen LogP contribution in [-0.2, 0) is 18.6 Å². The van der Waals surface area contributed by atoms with Gasteiger partial charge in [-0.25, -0.2) is 9.36 Å². The highest BCUT2D eigenvalue weighted by atomic mass is 31.2. The summed E-state index contributed by atoms with van der Waals surface area (Å²) >= 11 is 0. The van der Waals surface area contributed by atoms with Crippen LogP contribution in [0, 0.1) is 0 Å². The van der Waals surface area contributed by atoms with E-state index < -0.39 is 44.7 Å². The number of nitrogens with zero attached hydrogens (tertiary/aromatic N) is 2. The number of aliphatic hydroxyl groups is 2. The van der Waals surface area contributed by atoms with Crippen LogP contribution in [0.3, 0.4) is 0 Å². The molecule has 0 saturated carbocycles. The van der Waals surface area contributed by atoms with E-state index in [2.05, 4.69) is 21.7 Å². The zero-order valence-corrected chi connectivity index (χ0v) is 21.7. The number of aliphatic hydroxyl groups excluding tert-OH is 2. The Kier molecular flexibility index (Phi) is 13.2. The number of hydrogen-bond acceptors (Lipinski definition) is 8. The van der Waals surface area contributed by atoms with E-state index in [1.807, 2.05) is 0 Å². The average molecular weight is 534 g/mol. The molecule has 13 heteroatoms. The molecule has 0 aromatic carbocycles. The number of phosphoric acid groups is 1. The van der Waals surface area contributed by atoms with Crippen LogP contribution in [0.2, 0.25) is 0 Å². The number of phosphoric ester groups is 1. The van der Waals surface area contributed by atoms with E-state index in [4.69, 9.17) is 14.5 Å². The minimum Gasteiger partial charge on any atom is -0.387 e. The van der Waals surface area contributed by atoms with Crippen molar-refractivity contribution in [2.75, 3.05) is 11.9 Å². The van der Waals surface area contributed by atoms with Crippen LogP contribution in [0.25, 0.3) is 0 Å². The fourth-order valence-electron chi connectivity index (χ4n) is 4.10. The number of carbonyl (C=O) groups excluding carboxylic acids is 1. The third-order valence-electron chi connectivity index (χ3n) is 6.12. The van der Waals surface area contributed by atoms with Crippen molar-refractivity contribution in [3.05, 3.63) is 22.7 Å². The summed E-state index contributed by atoms with van der Waals surface area (Å²) in [5.41, 5.74) is -0.838. The van der Waals surface area contributed by atoms with Crippen molar-refractivity contribution in [1.82, 2.24) is 9.55 Å². The first-order chi connectivity index (χ1) is 17.1. The molecule has 1 aromatic rings. The van der Waals surface area contributed by atoms with E-state index in [1.54, 1.807) is 0 Å². The largest absolute Gasteiger partial charge is 0.469 e. The number of ether oxygens (including phenoxy) is 1. The van der Waals surface area contributed by atoms with E-state index in [-0.39, 0.29) is 11.7 Å². The van der Waals surface area contributed by atoms with E-state index in [0.717, 1.165) is 23.8 Å². The molecular weight excluding hydrogens is 493 g/mol. The molecular formula is C23H40N3O9P. The molecule has 206 valence electrons. The van der Waals surface area contributed by atoms with Gasteiger partial charge in [-0.1, -0.05) is 71.1 Å². The second kappa shape index (κ2) is 15.6. The van der Waals surface area contributed by atoms with Gasteiger partial charge < -0.3 is 30.1 Å². The van der Waals surface area contributed by atoms with Gasteiger partial charge in [-0.15, -0.1) is 0 Å². The molecule has 1 aliphatic heterocycles. The molecule has 0 aliphatic carbocycles. The number of aromatic nitrogens is 2. The van der Waals surface area contributed by atoms with Gasteiger partial charge in [0.25, 0.3) is 0 Å². The van der Waals surface area contributed by atoms with Crippen LogP contribution in [-0.4, -0.2) is 60.4 Å². The maximum Gasteiger partial charge on any atom is 0.469 e. The maximum absolute atomic E-state index is 12.4. The maximum atomic E-state index is 12.4. The first-order valence-electron chi connectivity index (χ1n) is 12.7. The van der Waals surface area contributed by atoms with E-state index in [9.17, 15) is 24.4 Å². The molecule has 0 radical (unpaired) electrons. The number of rotatable bonds is 17. The molecule has 1 fully saturated rings. The number of unbranched alkanes of at least 4 members (excludes halogenated alkanes) is 10. The monoisotopic (exact) mass is 533 g/mol. The van der Waals surface area contributed by atoms with Crippen molar-refractivity contribution >= 4 is 19.5 Å². The van der Waals surface area contributed by atoms with Gasteiger partial charge in [-0.2, -0.15) is 4.98 Å². The first kappa shape index (κ1) is 30.6. The summed E-state index contributed by atoms with van der Waals surface area (Å²) in [7, 11) is -4.80. The minimum atomic E-state index is -4.80. The smallest absolute Gasteiger partial charge is 0.387 e. The molecule has 2 heterocycles. The Labute approximate surface area is 211 Å². The van der Waals surface area contributed by atoms with Crippen LogP contribution in [0.15, 0.2) is 17.1 Å². The topological polar surface area (TPSA) is 180 Å². The molecule has 4 atom stereocenters. The number of nitrogens with one attached hydrogen (secondary N) is 1. The molecule has 0 spiro atoms. The van der Waals surface area contributed by atoms with Gasteiger partial charge in [-0.05, 0) is 12.5 Å². The summed E-state index contributed by atoms with van der Waals surface area (Å²) < 4.78 is 21.4. The predicted molar refractivity (Wildman–Crippen MR) is 132 cm³/mol. The summed E-state index contributed by atoms with van der Waals surface area (Å²) in [6.07, 6.45) is 8.85. The summed E-state index contributed by atoms with van der Waals surface area (Å²) in [5, 5.41) is 22.8. The second-order valence-electron chi connectivity index (χ2n) is 9.17. The summed E-state index contributed by atoms with van der Waals surface area (Å²) in [6.45, 7) is 1.53. The lowest BCUT2D eigenvalue weighted by Gasteiger charge is -2.17. The van der Waals surface area contributed by atoms with Crippen LogP contribution < -0.4 is 11.0 Å². The van der Waals surface area contributed by atoms with Crippen molar-refractivity contribution < 1.29 is 38.6 Å². The SMILES string of the molecule is CCCCCCCCCCCCCC(=O)Nc1ccn([C@@H]2O[C@H](COP(=O)(O)O)[C@@H](O)[C@H]2O)c(=O)n1. The number of amides is 1. The summed E-state index contributed by atoms with van der Waals surface area (Å²) in [5.74, 6) is -0.198. The third kappa shape index (κ3) is 10.8. The zero-order valence-electron chi connectivity index (χ0n) is 20.8. The van der Waals surface area contributed by atoms with E-state index >= 15 is 0 Å². The summed E-state index contributed by atoms with van der Waals surface area (Å²) in [4.78, 5) is 46.0. The quantitative estimate of drug-likeness (QED) is 0.147. The molecule has 36 heavy (non-hydrogen) atoms. The van der Waals surface area contributed by atoms with Crippen molar-refractivity contribution in [3.63, 3.8) is 0 Å². The molecule has 1 aromatic heterocycles. The lowest BCUT2D eigenvalue weighted by Crippen LogP contribution is -2.36. The normalized spacial score (nSPS) is 22.1. The predicted octanol–water partition coefficient (Wildman–Crippen LogP) is 2.61. The number of carbonyl (C=O) groups is 1. The Morgan fingerprint density at radius 2 is 1.64 bits per heavy atom. The lowest BCUT2D eigenvalue weighted by molar-refractivity contribution is -0.116. The summed E-state index contributed by atoms with van der Waals surface area (Å²) in [6, 6.07) is 1.36. The molecule has 1 amide bonds. The third-order valence-corrected chi connectivity index (χ3v) is 6.61. The molecule has 0 bridgehead atoms. The molecule has 1 aliphatic rings. The standard InChI is InChI=1S/C23H40N3O9P/c1-2-3-4-5-6-7-8-9-10-11-12-13-19(27)24-18-14-15-26(23(30)25-18)22-21(29)20(28)17(35-22)16-34-36(31,32)33/h14-15,17,20-22,28-29H,2-13,16H2,1H3,(H2,31,32,33)(H,24,25,27,30)/t17-,20-,21-,22-/m1/s1. The Hall–Kier alpha value is -1.66. The van der Waals surface area contributed by atoms with Crippen molar-refractivity contribution in [3.8, 4) is 0 Å². The highest BCUT2D eigenvalue weighted by Gasteiger charge is 2.45. The van der Waals surface area contributed by atoms with Crippen molar-refractivity contribution in [2.45, 2.75) is 109 Å².